The Morgan fingerprint density at radius 3 is 2.19 bits per heavy atom. The average molecular weight is 449 g/mol. The molecule has 1 amide bonds. The van der Waals surface area contributed by atoms with Gasteiger partial charge in [-0.25, -0.2) is 18.0 Å². The standard InChI is InChI=1S/C19H19N3O8S/c23-18(24)17-10-15(12-20(17)19(25)26)21(11-13-4-2-1-3-5-13)31(29,30)16-8-6-14(7-9-16)22(27)28/h1-9,15,17H,10-12H2,(H,23,24)(H,25,26)/t15-,17+/m1/s1. The Balaban J connectivity index is 2.01. The largest absolute Gasteiger partial charge is 0.480 e. The van der Waals surface area contributed by atoms with E-state index in [1.165, 1.54) is 0 Å². The predicted octanol–water partition coefficient (Wildman–Crippen LogP) is 1.99. The summed E-state index contributed by atoms with van der Waals surface area (Å²) in [5.41, 5.74) is 0.339. The minimum Gasteiger partial charge on any atom is -0.480 e. The maximum absolute atomic E-state index is 13.4. The zero-order valence-electron chi connectivity index (χ0n) is 16.1. The van der Waals surface area contributed by atoms with E-state index in [1.807, 2.05) is 0 Å². The van der Waals surface area contributed by atoms with E-state index in [4.69, 9.17) is 0 Å². The first-order valence-corrected chi connectivity index (χ1v) is 10.6. The molecule has 0 spiro atoms. The van der Waals surface area contributed by atoms with Crippen LogP contribution in [0.2, 0.25) is 0 Å². The molecule has 11 nitrogen and oxygen atoms in total. The van der Waals surface area contributed by atoms with E-state index in [0.29, 0.717) is 10.5 Å². The summed E-state index contributed by atoms with van der Waals surface area (Å²) < 4.78 is 27.9. The molecular weight excluding hydrogens is 430 g/mol. The van der Waals surface area contributed by atoms with E-state index in [0.717, 1.165) is 28.6 Å². The Morgan fingerprint density at radius 2 is 1.71 bits per heavy atom. The molecule has 2 aromatic rings. The van der Waals surface area contributed by atoms with Gasteiger partial charge in [-0.15, -0.1) is 0 Å². The zero-order valence-corrected chi connectivity index (χ0v) is 16.9. The van der Waals surface area contributed by atoms with Crippen LogP contribution in [0, 0.1) is 10.1 Å². The van der Waals surface area contributed by atoms with Crippen molar-refractivity contribution < 1.29 is 33.1 Å². The molecule has 1 heterocycles. The number of benzene rings is 2. The number of nitro groups is 1. The number of carboxylic acids is 1. The third kappa shape index (κ3) is 4.64. The fourth-order valence-electron chi connectivity index (χ4n) is 3.52. The maximum Gasteiger partial charge on any atom is 0.408 e. The third-order valence-electron chi connectivity index (χ3n) is 5.05. The number of nitro benzene ring substituents is 1. The van der Waals surface area contributed by atoms with Crippen molar-refractivity contribution in [1.29, 1.82) is 0 Å². The fourth-order valence-corrected chi connectivity index (χ4v) is 5.13. The topological polar surface area (TPSA) is 158 Å². The van der Waals surface area contributed by atoms with Gasteiger partial charge in [0.25, 0.3) is 5.69 Å². The Hall–Kier alpha value is -3.51. The lowest BCUT2D eigenvalue weighted by atomic mass is 10.1. The lowest BCUT2D eigenvalue weighted by Gasteiger charge is -2.28. The second-order valence-electron chi connectivity index (χ2n) is 6.97. The summed E-state index contributed by atoms with van der Waals surface area (Å²) in [6.45, 7) is -0.435. The summed E-state index contributed by atoms with van der Waals surface area (Å²) in [5.74, 6) is -1.36. The molecule has 12 heteroatoms. The van der Waals surface area contributed by atoms with Crippen LogP contribution in [0.5, 0.6) is 0 Å². The minimum absolute atomic E-state index is 0.120. The molecule has 1 saturated heterocycles. The molecule has 0 saturated carbocycles. The van der Waals surface area contributed by atoms with Crippen LogP contribution in [-0.2, 0) is 21.4 Å². The van der Waals surface area contributed by atoms with Gasteiger partial charge in [-0.1, -0.05) is 30.3 Å². The summed E-state index contributed by atoms with van der Waals surface area (Å²) in [7, 11) is -4.23. The average Bonchev–Trinajstić information content (AvgIpc) is 3.18. The molecule has 2 atom stereocenters. The van der Waals surface area contributed by atoms with Crippen LogP contribution >= 0.6 is 0 Å². The first-order valence-electron chi connectivity index (χ1n) is 9.14. The normalized spacial score (nSPS) is 18.8. The number of hydrogen-bond acceptors (Lipinski definition) is 6. The van der Waals surface area contributed by atoms with E-state index in [2.05, 4.69) is 0 Å². The quantitative estimate of drug-likeness (QED) is 0.480. The van der Waals surface area contributed by atoms with Gasteiger partial charge in [0.2, 0.25) is 10.0 Å². The molecular formula is C19H19N3O8S. The molecule has 3 rings (SSSR count). The number of carboxylic acid groups (broad SMARTS) is 2. The molecule has 0 bridgehead atoms. The van der Waals surface area contributed by atoms with Crippen molar-refractivity contribution in [1.82, 2.24) is 9.21 Å². The number of aliphatic carboxylic acids is 1. The van der Waals surface area contributed by atoms with Crippen molar-refractivity contribution in [3.8, 4) is 0 Å². The van der Waals surface area contributed by atoms with Gasteiger partial charge in [0, 0.05) is 31.3 Å². The summed E-state index contributed by atoms with van der Waals surface area (Å²) >= 11 is 0. The van der Waals surface area contributed by atoms with Crippen molar-refractivity contribution in [2.24, 2.45) is 0 Å². The molecule has 0 aromatic heterocycles. The maximum atomic E-state index is 13.4. The SMILES string of the molecule is O=C(O)[C@@H]1C[C@@H](N(Cc2ccccc2)S(=O)(=O)c2ccc([N+](=O)[O-])cc2)CN1C(=O)O. The Bertz CT molecular complexity index is 1070. The molecule has 2 N–H and O–H groups in total. The summed E-state index contributed by atoms with van der Waals surface area (Å²) in [5, 5.41) is 29.6. The first-order chi connectivity index (χ1) is 14.6. The smallest absolute Gasteiger partial charge is 0.408 e. The highest BCUT2D eigenvalue weighted by Crippen LogP contribution is 2.30. The first kappa shape index (κ1) is 22.2. The van der Waals surface area contributed by atoms with Gasteiger partial charge in [-0.05, 0) is 24.1 Å². The zero-order chi connectivity index (χ0) is 22.8. The van der Waals surface area contributed by atoms with Gasteiger partial charge in [0.05, 0.1) is 9.82 Å². The Labute approximate surface area is 177 Å². The van der Waals surface area contributed by atoms with Crippen molar-refractivity contribution in [2.75, 3.05) is 6.54 Å². The van der Waals surface area contributed by atoms with Gasteiger partial charge < -0.3 is 10.2 Å². The molecule has 2 aromatic carbocycles. The van der Waals surface area contributed by atoms with Crippen LogP contribution in [-0.4, -0.2) is 63.5 Å². The lowest BCUT2D eigenvalue weighted by molar-refractivity contribution is -0.384. The van der Waals surface area contributed by atoms with Crippen LogP contribution < -0.4 is 0 Å². The third-order valence-corrected chi connectivity index (χ3v) is 6.96. The lowest BCUT2D eigenvalue weighted by Crippen LogP contribution is -2.42. The molecule has 1 aliphatic rings. The number of amides is 1. The van der Waals surface area contributed by atoms with Crippen LogP contribution in [0.15, 0.2) is 59.5 Å². The van der Waals surface area contributed by atoms with Crippen molar-refractivity contribution in [3.63, 3.8) is 0 Å². The highest BCUT2D eigenvalue weighted by atomic mass is 32.2. The molecule has 1 aliphatic heterocycles. The van der Waals surface area contributed by atoms with E-state index in [1.54, 1.807) is 30.3 Å². The number of rotatable bonds is 7. The van der Waals surface area contributed by atoms with Crippen molar-refractivity contribution in [3.05, 3.63) is 70.3 Å². The Kier molecular flexibility index (Phi) is 6.22. The van der Waals surface area contributed by atoms with Crippen LogP contribution in [0.1, 0.15) is 12.0 Å². The second-order valence-corrected chi connectivity index (χ2v) is 8.86. The Morgan fingerprint density at radius 1 is 1.10 bits per heavy atom. The summed E-state index contributed by atoms with van der Waals surface area (Å²) in [6.07, 6.45) is -1.68. The van der Waals surface area contributed by atoms with Gasteiger partial charge in [0.15, 0.2) is 0 Å². The molecule has 164 valence electrons. The van der Waals surface area contributed by atoms with Crippen molar-refractivity contribution in [2.45, 2.75) is 29.9 Å². The minimum atomic E-state index is -4.23. The summed E-state index contributed by atoms with van der Waals surface area (Å²) in [6, 6.07) is 10.6. The van der Waals surface area contributed by atoms with Crippen molar-refractivity contribution >= 4 is 27.8 Å². The fraction of sp³-hybridized carbons (Fsp3) is 0.263. The molecule has 0 radical (unpaired) electrons. The van der Waals surface area contributed by atoms with E-state index in [-0.39, 0.29) is 30.1 Å². The number of hydrogen-bond donors (Lipinski definition) is 2. The van der Waals surface area contributed by atoms with E-state index in [9.17, 15) is 38.3 Å². The van der Waals surface area contributed by atoms with Gasteiger partial charge in [0.1, 0.15) is 6.04 Å². The highest BCUT2D eigenvalue weighted by molar-refractivity contribution is 7.89. The number of carbonyl (C=O) groups is 2. The van der Waals surface area contributed by atoms with Crippen LogP contribution in [0.4, 0.5) is 10.5 Å². The molecule has 1 fully saturated rings. The number of nitrogens with zero attached hydrogens (tertiary/aromatic N) is 3. The van der Waals surface area contributed by atoms with Gasteiger partial charge >= 0.3 is 12.1 Å². The van der Waals surface area contributed by atoms with Crippen LogP contribution in [0.25, 0.3) is 0 Å². The van der Waals surface area contributed by atoms with E-state index < -0.39 is 39.1 Å². The monoisotopic (exact) mass is 449 g/mol. The highest BCUT2D eigenvalue weighted by Gasteiger charge is 2.45. The molecule has 0 unspecified atom stereocenters. The van der Waals surface area contributed by atoms with E-state index >= 15 is 0 Å². The number of sulfonamides is 1. The summed E-state index contributed by atoms with van der Waals surface area (Å²) in [4.78, 5) is 33.7. The molecule has 31 heavy (non-hydrogen) atoms. The van der Waals surface area contributed by atoms with Gasteiger partial charge in [-0.2, -0.15) is 4.31 Å². The second kappa shape index (κ2) is 8.70. The predicted molar refractivity (Wildman–Crippen MR) is 107 cm³/mol. The molecule has 0 aliphatic carbocycles. The number of non-ortho nitro benzene ring substituents is 1. The van der Waals surface area contributed by atoms with Gasteiger partial charge in [-0.3, -0.25) is 15.0 Å². The van der Waals surface area contributed by atoms with Crippen LogP contribution in [0.3, 0.4) is 0 Å². The number of likely N-dealkylation sites (tertiary alicyclic amines) is 1.